The maximum atomic E-state index is 9.57. The number of aliphatic carboxylic acids is 3. The molecular formula is C23H55N3O10. The van der Waals surface area contributed by atoms with Gasteiger partial charge in [0.2, 0.25) is 0 Å². The summed E-state index contributed by atoms with van der Waals surface area (Å²) in [4.78, 5) is 27.3. The normalized spacial score (nSPS) is 11.0. The van der Waals surface area contributed by atoms with Crippen molar-refractivity contribution in [3.05, 3.63) is 0 Å². The lowest BCUT2D eigenvalue weighted by Gasteiger charge is -2.21. The quantitative estimate of drug-likeness (QED) is 0.219. The number of nitrogens with zero attached hydrogens (tertiary/aromatic N) is 3. The summed E-state index contributed by atoms with van der Waals surface area (Å²) in [6.45, 7) is 6.86. The summed E-state index contributed by atoms with van der Waals surface area (Å²) >= 11 is 0. The van der Waals surface area contributed by atoms with Crippen molar-refractivity contribution in [1.82, 2.24) is 0 Å². The van der Waals surface area contributed by atoms with E-state index in [0.29, 0.717) is 0 Å². The number of carboxylic acids is 3. The Labute approximate surface area is 218 Å². The molecule has 1 atom stereocenters. The van der Waals surface area contributed by atoms with Crippen LogP contribution in [0.25, 0.3) is 0 Å². The number of aliphatic hydroxyl groups is 4. The van der Waals surface area contributed by atoms with Gasteiger partial charge in [0.05, 0.1) is 95.3 Å². The first-order valence-corrected chi connectivity index (χ1v) is 11.3. The molecule has 0 aliphatic carbocycles. The Morgan fingerprint density at radius 3 is 0.778 bits per heavy atom. The summed E-state index contributed by atoms with van der Waals surface area (Å²) in [6.07, 6.45) is -1.08. The minimum Gasteiger partial charge on any atom is -0.550 e. The molecule has 13 nitrogen and oxygen atoms in total. The van der Waals surface area contributed by atoms with Crippen molar-refractivity contribution in [2.45, 2.75) is 33.3 Å². The van der Waals surface area contributed by atoms with E-state index in [2.05, 4.69) is 63.4 Å². The molecule has 222 valence electrons. The number of likely N-dealkylation sites (N-methyl/N-ethyl adjacent to an activating group) is 3. The SMILES string of the molecule is CC(=O)[O-].CC(=O)[O-].CCC(O)C(=O)[O-].C[N+](C)(C)CCO.C[N+](C)(C)CCO.C[N+](C)(C)CCO. The van der Waals surface area contributed by atoms with Crippen LogP contribution in [0, 0.1) is 0 Å². The zero-order chi connectivity index (χ0) is 30.8. The second-order valence-corrected chi connectivity index (χ2v) is 10.4. The summed E-state index contributed by atoms with van der Waals surface area (Å²) in [7, 11) is 18.5. The van der Waals surface area contributed by atoms with Crippen molar-refractivity contribution in [3.8, 4) is 0 Å². The van der Waals surface area contributed by atoms with E-state index in [1.165, 1.54) is 0 Å². The topological polar surface area (TPSA) is 201 Å². The number of carbonyl (C=O) groups is 3. The lowest BCUT2D eigenvalue weighted by Crippen LogP contribution is -2.36. The van der Waals surface area contributed by atoms with Crippen LogP contribution in [-0.2, 0) is 14.4 Å². The van der Waals surface area contributed by atoms with Gasteiger partial charge in [-0.1, -0.05) is 6.92 Å². The van der Waals surface area contributed by atoms with Crippen molar-refractivity contribution >= 4 is 17.9 Å². The Morgan fingerprint density at radius 2 is 0.778 bits per heavy atom. The zero-order valence-electron chi connectivity index (χ0n) is 24.6. The number of carbonyl (C=O) groups excluding carboxylic acids is 3. The highest BCUT2D eigenvalue weighted by Crippen LogP contribution is 1.86. The van der Waals surface area contributed by atoms with Crippen molar-refractivity contribution in [2.24, 2.45) is 0 Å². The van der Waals surface area contributed by atoms with E-state index in [-0.39, 0.29) is 26.2 Å². The highest BCUT2D eigenvalue weighted by molar-refractivity contribution is 5.69. The molecule has 36 heavy (non-hydrogen) atoms. The summed E-state index contributed by atoms with van der Waals surface area (Å²) in [5, 5.41) is 60.8. The second kappa shape index (κ2) is 27.7. The Kier molecular flexibility index (Phi) is 36.4. The zero-order valence-corrected chi connectivity index (χ0v) is 24.6. The molecule has 0 amide bonds. The van der Waals surface area contributed by atoms with E-state index in [1.54, 1.807) is 6.92 Å². The predicted molar refractivity (Wildman–Crippen MR) is 133 cm³/mol. The molecule has 0 aromatic carbocycles. The van der Waals surface area contributed by atoms with Gasteiger partial charge in [-0.05, 0) is 20.3 Å². The Bertz CT molecular complexity index is 454. The first kappa shape index (κ1) is 47.3. The third kappa shape index (κ3) is 120. The smallest absolute Gasteiger partial charge is 0.101 e. The molecular weight excluding hydrogens is 478 g/mol. The molecule has 0 aromatic rings. The third-order valence-corrected chi connectivity index (χ3v) is 2.97. The molecule has 0 saturated heterocycles. The number of quaternary nitrogens is 3. The van der Waals surface area contributed by atoms with Crippen molar-refractivity contribution < 1.29 is 63.6 Å². The fourth-order valence-corrected chi connectivity index (χ4v) is 1.07. The first-order valence-electron chi connectivity index (χ1n) is 11.3. The van der Waals surface area contributed by atoms with E-state index < -0.39 is 24.0 Å². The molecule has 0 fully saturated rings. The van der Waals surface area contributed by atoms with Crippen LogP contribution in [0.5, 0.6) is 0 Å². The van der Waals surface area contributed by atoms with Gasteiger partial charge in [-0.25, -0.2) is 0 Å². The van der Waals surface area contributed by atoms with Gasteiger partial charge in [0, 0.05) is 11.9 Å². The molecule has 0 spiro atoms. The molecule has 13 heteroatoms. The molecule has 0 saturated carbocycles. The van der Waals surface area contributed by atoms with Crippen molar-refractivity contribution in [3.63, 3.8) is 0 Å². The number of carboxylic acid groups (broad SMARTS) is 3. The minimum atomic E-state index is -1.40. The number of hydrogen-bond donors (Lipinski definition) is 4. The van der Waals surface area contributed by atoms with E-state index in [4.69, 9.17) is 40.2 Å². The molecule has 0 aliphatic heterocycles. The van der Waals surface area contributed by atoms with E-state index in [0.717, 1.165) is 46.9 Å². The van der Waals surface area contributed by atoms with Gasteiger partial charge in [-0.2, -0.15) is 0 Å². The van der Waals surface area contributed by atoms with Gasteiger partial charge >= 0.3 is 0 Å². The van der Waals surface area contributed by atoms with Crippen LogP contribution in [0.2, 0.25) is 0 Å². The molecule has 0 radical (unpaired) electrons. The highest BCUT2D eigenvalue weighted by Gasteiger charge is 2.03. The highest BCUT2D eigenvalue weighted by atomic mass is 16.4. The average Bonchev–Trinajstić information content (AvgIpc) is 2.58. The third-order valence-electron chi connectivity index (χ3n) is 2.97. The Hall–Kier alpha value is -1.87. The predicted octanol–water partition coefficient (Wildman–Crippen LogP) is -4.93. The summed E-state index contributed by atoms with van der Waals surface area (Å²) in [5.41, 5.74) is 0. The fourth-order valence-electron chi connectivity index (χ4n) is 1.07. The van der Waals surface area contributed by atoms with Crippen LogP contribution in [-0.4, -0.2) is 161 Å². The van der Waals surface area contributed by atoms with Crippen molar-refractivity contribution in [2.75, 3.05) is 103 Å². The Balaban J connectivity index is -0.0000000761. The summed E-state index contributed by atoms with van der Waals surface area (Å²) in [6, 6.07) is 0. The Morgan fingerprint density at radius 1 is 0.611 bits per heavy atom. The fraction of sp³-hybridized carbons (Fsp3) is 0.870. The van der Waals surface area contributed by atoms with Gasteiger partial charge < -0.3 is 63.6 Å². The van der Waals surface area contributed by atoms with Crippen LogP contribution >= 0.6 is 0 Å². The largest absolute Gasteiger partial charge is 0.550 e. The van der Waals surface area contributed by atoms with Gasteiger partial charge in [-0.15, -0.1) is 0 Å². The van der Waals surface area contributed by atoms with E-state index in [1.807, 2.05) is 0 Å². The van der Waals surface area contributed by atoms with Crippen molar-refractivity contribution in [1.29, 1.82) is 0 Å². The maximum Gasteiger partial charge on any atom is 0.101 e. The minimum absolute atomic E-state index is 0.211. The van der Waals surface area contributed by atoms with Crippen LogP contribution in [0.15, 0.2) is 0 Å². The van der Waals surface area contributed by atoms with E-state index >= 15 is 0 Å². The van der Waals surface area contributed by atoms with Crippen LogP contribution in [0.3, 0.4) is 0 Å². The molecule has 4 N–H and O–H groups in total. The van der Waals surface area contributed by atoms with Gasteiger partial charge in [-0.3, -0.25) is 0 Å². The lowest BCUT2D eigenvalue weighted by atomic mass is 10.3. The van der Waals surface area contributed by atoms with Gasteiger partial charge in [0.25, 0.3) is 0 Å². The maximum absolute atomic E-state index is 9.57. The molecule has 0 rings (SSSR count). The first-order chi connectivity index (χ1) is 15.8. The molecule has 1 unspecified atom stereocenters. The number of aliphatic hydroxyl groups excluding tert-OH is 4. The monoisotopic (exact) mass is 533 g/mol. The van der Waals surface area contributed by atoms with Gasteiger partial charge in [0.15, 0.2) is 0 Å². The lowest BCUT2D eigenvalue weighted by molar-refractivity contribution is -0.870. The second-order valence-electron chi connectivity index (χ2n) is 10.4. The molecule has 0 aromatic heterocycles. The van der Waals surface area contributed by atoms with Gasteiger partial charge in [0.1, 0.15) is 19.6 Å². The molecule has 0 bridgehead atoms. The average molecular weight is 534 g/mol. The summed E-state index contributed by atoms with van der Waals surface area (Å²) < 4.78 is 2.53. The van der Waals surface area contributed by atoms with Crippen LogP contribution in [0.4, 0.5) is 0 Å². The molecule has 0 aliphatic rings. The number of hydrogen-bond acceptors (Lipinski definition) is 10. The molecule has 0 heterocycles. The van der Waals surface area contributed by atoms with Crippen LogP contribution < -0.4 is 15.3 Å². The van der Waals surface area contributed by atoms with Crippen LogP contribution in [0.1, 0.15) is 27.2 Å². The standard InChI is InChI=1S/3C5H14NO.C4H8O3.2C2H4O2/c3*1-6(2,3)4-5-7;1-2-3(5)4(6)7;2*1-2(3)4/h3*7H,4-5H2,1-3H3;3,5H,2H2,1H3,(H,6,7);2*1H3,(H,3,4)/q3*+1;;;/p-3. The summed E-state index contributed by atoms with van der Waals surface area (Å²) in [5.74, 6) is -3.57. The van der Waals surface area contributed by atoms with E-state index in [9.17, 15) is 9.90 Å². The number of rotatable bonds is 8.